The first-order chi connectivity index (χ1) is 14.5. The average Bonchev–Trinajstić information content (AvgIpc) is 3.27. The third kappa shape index (κ3) is 4.66. The van der Waals surface area contributed by atoms with Crippen LogP contribution < -0.4 is 10.1 Å². The van der Waals surface area contributed by atoms with Gasteiger partial charge in [0.05, 0.1) is 18.1 Å². The Bertz CT molecular complexity index is 872. The van der Waals surface area contributed by atoms with Crippen LogP contribution in [0.3, 0.4) is 0 Å². The highest BCUT2D eigenvalue weighted by atomic mass is 16.5. The first kappa shape index (κ1) is 21.9. The molecule has 0 spiro atoms. The summed E-state index contributed by atoms with van der Waals surface area (Å²) in [6.45, 7) is 6.01. The topological polar surface area (TPSA) is 64.6 Å². The third-order valence-corrected chi connectivity index (χ3v) is 5.85. The summed E-state index contributed by atoms with van der Waals surface area (Å²) in [6, 6.07) is 15.1. The van der Waals surface area contributed by atoms with Crippen LogP contribution in [0.2, 0.25) is 0 Å². The molecule has 1 N–H and O–H groups in total. The van der Waals surface area contributed by atoms with Crippen molar-refractivity contribution in [2.45, 2.75) is 64.4 Å². The largest absolute Gasteiger partial charge is 0.490 e. The van der Waals surface area contributed by atoms with E-state index in [-0.39, 0.29) is 18.6 Å². The Morgan fingerprint density at radius 1 is 1.07 bits per heavy atom. The standard InChI is InChI=1S/C25H31NO4/c1-4-18(3)30-22-14-13-20(17-21(22)23(27)29-5-2)26-24(28)25(15-9-10-16-25)19-11-7-6-8-12-19/h6-8,11-14,17-18H,4-5,9-10,15-16H2,1-3H3,(H,26,28). The summed E-state index contributed by atoms with van der Waals surface area (Å²) in [5, 5.41) is 3.05. The Kier molecular flexibility index (Phi) is 7.14. The smallest absolute Gasteiger partial charge is 0.341 e. The molecule has 3 rings (SSSR count). The summed E-state index contributed by atoms with van der Waals surface area (Å²) in [5.74, 6) is -0.0124. The lowest BCUT2D eigenvalue weighted by atomic mass is 9.78. The summed E-state index contributed by atoms with van der Waals surface area (Å²) < 4.78 is 11.1. The van der Waals surface area contributed by atoms with Gasteiger partial charge in [0.1, 0.15) is 11.3 Å². The molecule has 0 heterocycles. The van der Waals surface area contributed by atoms with E-state index in [0.717, 1.165) is 37.7 Å². The minimum atomic E-state index is -0.531. The van der Waals surface area contributed by atoms with Crippen LogP contribution in [0.5, 0.6) is 5.75 Å². The van der Waals surface area contributed by atoms with Crippen molar-refractivity contribution in [3.05, 3.63) is 59.7 Å². The molecule has 5 heteroatoms. The van der Waals surface area contributed by atoms with Crippen molar-refractivity contribution >= 4 is 17.6 Å². The van der Waals surface area contributed by atoms with E-state index < -0.39 is 11.4 Å². The number of ether oxygens (including phenoxy) is 2. The number of nitrogens with one attached hydrogen (secondary N) is 1. The van der Waals surface area contributed by atoms with Crippen molar-refractivity contribution in [3.8, 4) is 5.75 Å². The van der Waals surface area contributed by atoms with E-state index in [1.165, 1.54) is 0 Å². The minimum Gasteiger partial charge on any atom is -0.490 e. The SMILES string of the molecule is CCOC(=O)c1cc(NC(=O)C2(c3ccccc3)CCCC2)ccc1OC(C)CC. The van der Waals surface area contributed by atoms with Crippen molar-refractivity contribution in [2.24, 2.45) is 0 Å². The van der Waals surface area contributed by atoms with E-state index in [1.54, 1.807) is 25.1 Å². The van der Waals surface area contributed by atoms with Gasteiger partial charge in [0.25, 0.3) is 0 Å². The second kappa shape index (κ2) is 9.79. The predicted octanol–water partition coefficient (Wildman–Crippen LogP) is 5.49. The van der Waals surface area contributed by atoms with Gasteiger partial charge in [-0.25, -0.2) is 4.79 Å². The first-order valence-electron chi connectivity index (χ1n) is 10.8. The molecule has 0 aliphatic heterocycles. The van der Waals surface area contributed by atoms with Crippen LogP contribution in [-0.2, 0) is 14.9 Å². The Labute approximate surface area is 178 Å². The van der Waals surface area contributed by atoms with E-state index >= 15 is 0 Å². The quantitative estimate of drug-likeness (QED) is 0.586. The molecule has 1 amide bonds. The van der Waals surface area contributed by atoms with E-state index in [4.69, 9.17) is 9.47 Å². The predicted molar refractivity (Wildman–Crippen MR) is 118 cm³/mol. The molecule has 1 aliphatic carbocycles. The van der Waals surface area contributed by atoms with Crippen molar-refractivity contribution in [3.63, 3.8) is 0 Å². The molecule has 30 heavy (non-hydrogen) atoms. The normalized spacial score (nSPS) is 16.0. The first-order valence-corrected chi connectivity index (χ1v) is 10.8. The van der Waals surface area contributed by atoms with E-state index in [2.05, 4.69) is 5.32 Å². The van der Waals surface area contributed by atoms with Gasteiger partial charge in [-0.15, -0.1) is 0 Å². The third-order valence-electron chi connectivity index (χ3n) is 5.85. The zero-order valence-electron chi connectivity index (χ0n) is 18.1. The van der Waals surface area contributed by atoms with Gasteiger partial charge < -0.3 is 14.8 Å². The molecule has 1 saturated carbocycles. The van der Waals surface area contributed by atoms with Crippen LogP contribution in [0.1, 0.15) is 68.8 Å². The monoisotopic (exact) mass is 409 g/mol. The second-order valence-electron chi connectivity index (χ2n) is 7.88. The van der Waals surface area contributed by atoms with E-state index in [9.17, 15) is 9.59 Å². The molecule has 2 aromatic rings. The van der Waals surface area contributed by atoms with Gasteiger partial charge in [-0.05, 0) is 56.9 Å². The van der Waals surface area contributed by atoms with Crippen LogP contribution >= 0.6 is 0 Å². The fourth-order valence-electron chi connectivity index (χ4n) is 4.01. The second-order valence-corrected chi connectivity index (χ2v) is 7.88. The lowest BCUT2D eigenvalue weighted by Gasteiger charge is -2.28. The summed E-state index contributed by atoms with van der Waals surface area (Å²) in [4.78, 5) is 25.9. The zero-order chi connectivity index (χ0) is 21.6. The average molecular weight is 410 g/mol. The fraction of sp³-hybridized carbons (Fsp3) is 0.440. The minimum absolute atomic E-state index is 0.0292. The highest BCUT2D eigenvalue weighted by Crippen LogP contribution is 2.42. The lowest BCUT2D eigenvalue weighted by Crippen LogP contribution is -2.38. The van der Waals surface area contributed by atoms with Gasteiger partial charge in [0.15, 0.2) is 0 Å². The Balaban J connectivity index is 1.89. The number of hydrogen-bond donors (Lipinski definition) is 1. The number of carbonyl (C=O) groups is 2. The maximum atomic E-state index is 13.4. The number of esters is 1. The molecule has 5 nitrogen and oxygen atoms in total. The summed E-state index contributed by atoms with van der Waals surface area (Å²) >= 11 is 0. The van der Waals surface area contributed by atoms with Gasteiger partial charge >= 0.3 is 5.97 Å². The number of rotatable bonds is 8. The molecule has 0 saturated heterocycles. The van der Waals surface area contributed by atoms with E-state index in [0.29, 0.717) is 17.0 Å². The van der Waals surface area contributed by atoms with Crippen molar-refractivity contribution in [2.75, 3.05) is 11.9 Å². The van der Waals surface area contributed by atoms with Crippen molar-refractivity contribution in [1.29, 1.82) is 0 Å². The Hall–Kier alpha value is -2.82. The number of amides is 1. The number of hydrogen-bond acceptors (Lipinski definition) is 4. The molecule has 0 radical (unpaired) electrons. The number of benzene rings is 2. The van der Waals surface area contributed by atoms with Gasteiger partial charge in [-0.1, -0.05) is 50.1 Å². The molecule has 160 valence electrons. The highest BCUT2D eigenvalue weighted by molar-refractivity contribution is 6.01. The van der Waals surface area contributed by atoms with Crippen LogP contribution in [0, 0.1) is 0 Å². The number of carbonyl (C=O) groups excluding carboxylic acids is 2. The molecule has 0 bridgehead atoms. The van der Waals surface area contributed by atoms with Crippen LogP contribution in [0.25, 0.3) is 0 Å². The van der Waals surface area contributed by atoms with Crippen LogP contribution in [-0.4, -0.2) is 24.6 Å². The molecule has 1 atom stereocenters. The van der Waals surface area contributed by atoms with Crippen molar-refractivity contribution in [1.82, 2.24) is 0 Å². The maximum Gasteiger partial charge on any atom is 0.341 e. The molecular weight excluding hydrogens is 378 g/mol. The van der Waals surface area contributed by atoms with Gasteiger partial charge in [-0.2, -0.15) is 0 Å². The van der Waals surface area contributed by atoms with Gasteiger partial charge in [0, 0.05) is 5.69 Å². The summed E-state index contributed by atoms with van der Waals surface area (Å²) in [6.07, 6.45) is 4.49. The lowest BCUT2D eigenvalue weighted by molar-refractivity contribution is -0.121. The Morgan fingerprint density at radius 2 is 1.77 bits per heavy atom. The molecule has 1 unspecified atom stereocenters. The summed E-state index contributed by atoms with van der Waals surface area (Å²) in [5.41, 5.74) is 1.41. The van der Waals surface area contributed by atoms with Crippen molar-refractivity contribution < 1.29 is 19.1 Å². The van der Waals surface area contributed by atoms with Crippen LogP contribution in [0.4, 0.5) is 5.69 Å². The molecule has 0 aromatic heterocycles. The fourth-order valence-corrected chi connectivity index (χ4v) is 4.01. The zero-order valence-corrected chi connectivity index (χ0v) is 18.1. The maximum absolute atomic E-state index is 13.4. The molecule has 2 aromatic carbocycles. The number of anilines is 1. The molecule has 1 aliphatic rings. The highest BCUT2D eigenvalue weighted by Gasteiger charge is 2.42. The van der Waals surface area contributed by atoms with E-state index in [1.807, 2.05) is 44.2 Å². The van der Waals surface area contributed by atoms with Gasteiger partial charge in [-0.3, -0.25) is 4.79 Å². The summed E-state index contributed by atoms with van der Waals surface area (Å²) in [7, 11) is 0. The molecule has 1 fully saturated rings. The van der Waals surface area contributed by atoms with Crippen LogP contribution in [0.15, 0.2) is 48.5 Å². The van der Waals surface area contributed by atoms with Gasteiger partial charge in [0.2, 0.25) is 5.91 Å². The Morgan fingerprint density at radius 3 is 2.40 bits per heavy atom. The molecular formula is C25H31NO4.